The molecule has 0 aliphatic carbocycles. The number of nitrogens with one attached hydrogen (secondary N) is 1. The zero-order valence-electron chi connectivity index (χ0n) is 23.8. The second kappa shape index (κ2) is 11.5. The van der Waals surface area contributed by atoms with Gasteiger partial charge in [0.2, 0.25) is 5.91 Å². The molecule has 0 radical (unpaired) electrons. The highest BCUT2D eigenvalue weighted by atomic mass is 32.1. The third kappa shape index (κ3) is 5.06. The van der Waals surface area contributed by atoms with E-state index in [1.54, 1.807) is 28.0 Å². The van der Waals surface area contributed by atoms with Crippen LogP contribution in [0.5, 0.6) is 0 Å². The summed E-state index contributed by atoms with van der Waals surface area (Å²) in [4.78, 5) is 35.6. The zero-order chi connectivity index (χ0) is 28.6. The molecule has 3 aromatic heterocycles. The highest BCUT2D eigenvalue weighted by Crippen LogP contribution is 2.41. The van der Waals surface area contributed by atoms with Crippen LogP contribution in [-0.2, 0) is 9.53 Å². The number of anilines is 2. The third-order valence-electron chi connectivity index (χ3n) is 8.60. The lowest BCUT2D eigenvalue weighted by Gasteiger charge is -2.34. The topological polar surface area (TPSA) is 79.2 Å². The van der Waals surface area contributed by atoms with E-state index in [1.807, 2.05) is 12.1 Å². The first kappa shape index (κ1) is 27.1. The summed E-state index contributed by atoms with van der Waals surface area (Å²) in [6.45, 7) is 6.48. The minimum atomic E-state index is -0.0614. The molecule has 1 N–H and O–H groups in total. The van der Waals surface area contributed by atoms with Gasteiger partial charge in [0.05, 0.1) is 19.8 Å². The maximum absolute atomic E-state index is 13.2. The van der Waals surface area contributed by atoms with Gasteiger partial charge in [-0.3, -0.25) is 18.9 Å². The molecule has 0 unspecified atom stereocenters. The Labute approximate surface area is 248 Å². The first-order chi connectivity index (χ1) is 20.6. The van der Waals surface area contributed by atoms with E-state index in [-0.39, 0.29) is 17.5 Å². The van der Waals surface area contributed by atoms with Gasteiger partial charge in [-0.25, -0.2) is 4.98 Å². The molecule has 5 heterocycles. The van der Waals surface area contributed by atoms with Crippen molar-refractivity contribution >= 4 is 54.6 Å². The smallest absolute Gasteiger partial charge is 0.259 e. The Kier molecular flexibility index (Phi) is 7.39. The van der Waals surface area contributed by atoms with Gasteiger partial charge in [0.15, 0.2) is 0 Å². The van der Waals surface area contributed by atoms with Crippen molar-refractivity contribution in [3.63, 3.8) is 0 Å². The molecule has 2 fully saturated rings. The lowest BCUT2D eigenvalue weighted by Crippen LogP contribution is -2.48. The van der Waals surface area contributed by atoms with Crippen LogP contribution in [0.15, 0.2) is 65.6 Å². The number of carbonyl (C=O) groups is 1. The molecule has 1 atom stereocenters. The molecule has 216 valence electrons. The Bertz CT molecular complexity index is 1840. The van der Waals surface area contributed by atoms with Crippen molar-refractivity contribution in [1.82, 2.24) is 14.3 Å². The number of nitrogens with zero attached hydrogens (tertiary/aromatic N) is 4. The summed E-state index contributed by atoms with van der Waals surface area (Å²) in [7, 11) is 0. The minimum absolute atomic E-state index is 0.00768. The lowest BCUT2D eigenvalue weighted by atomic mass is 10.0. The van der Waals surface area contributed by atoms with Crippen molar-refractivity contribution in [2.24, 2.45) is 0 Å². The fourth-order valence-electron chi connectivity index (χ4n) is 6.35. The van der Waals surface area contributed by atoms with Gasteiger partial charge in [0.1, 0.15) is 11.5 Å². The molecule has 1 amide bonds. The van der Waals surface area contributed by atoms with Gasteiger partial charge in [-0.2, -0.15) is 0 Å². The number of amides is 1. The summed E-state index contributed by atoms with van der Waals surface area (Å²) < 4.78 is 9.53. The van der Waals surface area contributed by atoms with Gasteiger partial charge in [-0.05, 0) is 56.0 Å². The quantitative estimate of drug-likeness (QED) is 0.274. The fourth-order valence-corrected chi connectivity index (χ4v) is 7.57. The Hall–Kier alpha value is -3.79. The summed E-state index contributed by atoms with van der Waals surface area (Å²) >= 11 is 1.73. The van der Waals surface area contributed by atoms with Crippen LogP contribution in [0.25, 0.3) is 36.9 Å². The van der Waals surface area contributed by atoms with E-state index in [0.717, 1.165) is 81.7 Å². The number of aromatic nitrogens is 2. The largest absolute Gasteiger partial charge is 0.378 e. The average molecular weight is 582 g/mol. The normalized spacial score (nSPS) is 18.2. The first-order valence-corrected chi connectivity index (χ1v) is 15.8. The zero-order valence-corrected chi connectivity index (χ0v) is 24.7. The van der Waals surface area contributed by atoms with Crippen LogP contribution < -0.4 is 15.8 Å². The van der Waals surface area contributed by atoms with Gasteiger partial charge >= 0.3 is 0 Å². The van der Waals surface area contributed by atoms with Gasteiger partial charge in [-0.15, -0.1) is 11.3 Å². The molecule has 2 aromatic carbocycles. The molecule has 0 saturated carbocycles. The van der Waals surface area contributed by atoms with E-state index in [0.29, 0.717) is 25.4 Å². The number of carbonyl (C=O) groups excluding carboxylic acids is 1. The number of rotatable bonds is 6. The molecule has 7 rings (SSSR count). The van der Waals surface area contributed by atoms with E-state index >= 15 is 0 Å². The number of piperidine rings is 1. The maximum Gasteiger partial charge on any atom is 0.259 e. The number of pyridine rings is 1. The molecule has 0 spiro atoms. The van der Waals surface area contributed by atoms with E-state index in [9.17, 15) is 9.59 Å². The highest BCUT2D eigenvalue weighted by Gasteiger charge is 2.24. The second-order valence-electron chi connectivity index (χ2n) is 11.3. The molecule has 42 heavy (non-hydrogen) atoms. The minimum Gasteiger partial charge on any atom is -0.378 e. The number of fused-ring (bicyclic) bond motifs is 4. The Morgan fingerprint density at radius 3 is 2.74 bits per heavy atom. The van der Waals surface area contributed by atoms with Crippen LogP contribution >= 0.6 is 11.3 Å². The molecule has 2 aliphatic heterocycles. The molecule has 8 nitrogen and oxygen atoms in total. The summed E-state index contributed by atoms with van der Waals surface area (Å²) in [5.74, 6) is 0.755. The van der Waals surface area contributed by atoms with Gasteiger partial charge in [0, 0.05) is 74.9 Å². The van der Waals surface area contributed by atoms with E-state index in [2.05, 4.69) is 58.4 Å². The monoisotopic (exact) mass is 581 g/mol. The van der Waals surface area contributed by atoms with Crippen molar-refractivity contribution in [1.29, 1.82) is 0 Å². The Morgan fingerprint density at radius 1 is 1.02 bits per heavy atom. The van der Waals surface area contributed by atoms with E-state index in [1.165, 1.54) is 6.42 Å². The van der Waals surface area contributed by atoms with Crippen molar-refractivity contribution in [2.75, 3.05) is 49.6 Å². The number of thiophene rings is 1. The first-order valence-electron chi connectivity index (χ1n) is 14.9. The average Bonchev–Trinajstić information content (AvgIpc) is 3.40. The van der Waals surface area contributed by atoms with Crippen LogP contribution in [0.2, 0.25) is 0 Å². The van der Waals surface area contributed by atoms with Crippen molar-refractivity contribution in [2.45, 2.75) is 38.6 Å². The Balaban J connectivity index is 1.24. The Morgan fingerprint density at radius 2 is 1.88 bits per heavy atom. The molecule has 5 aromatic rings. The fraction of sp³-hybridized carbons (Fsp3) is 0.364. The van der Waals surface area contributed by atoms with Crippen molar-refractivity contribution < 1.29 is 9.53 Å². The maximum atomic E-state index is 13.2. The number of ether oxygens (including phenoxy) is 1. The predicted molar refractivity (Wildman–Crippen MR) is 171 cm³/mol. The van der Waals surface area contributed by atoms with Gasteiger partial charge in [0.25, 0.3) is 5.56 Å². The number of benzene rings is 2. The third-order valence-corrected chi connectivity index (χ3v) is 9.82. The second-order valence-corrected chi connectivity index (χ2v) is 12.3. The molecule has 2 aliphatic rings. The van der Waals surface area contributed by atoms with Gasteiger partial charge < -0.3 is 15.0 Å². The lowest BCUT2D eigenvalue weighted by molar-refractivity contribution is -0.119. The summed E-state index contributed by atoms with van der Waals surface area (Å²) in [5.41, 5.74) is 3.40. The molecular weight excluding hydrogens is 546 g/mol. The number of hydrogen-bond acceptors (Lipinski definition) is 7. The van der Waals surface area contributed by atoms with E-state index in [4.69, 9.17) is 9.72 Å². The van der Waals surface area contributed by atoms with Gasteiger partial charge in [-0.1, -0.05) is 25.1 Å². The summed E-state index contributed by atoms with van der Waals surface area (Å²) in [6.07, 6.45) is 6.23. The summed E-state index contributed by atoms with van der Waals surface area (Å²) in [6, 6.07) is 18.4. The molecule has 2 saturated heterocycles. The molecular formula is C33H35N5O3S. The molecule has 9 heteroatoms. The van der Waals surface area contributed by atoms with Crippen LogP contribution in [0.4, 0.5) is 11.5 Å². The van der Waals surface area contributed by atoms with Crippen LogP contribution in [0, 0.1) is 0 Å². The SMILES string of the molecule is CC[C@H]1COCCN1CC(=O)Nc1ccc2sc3c(-c4cccn5c(=O)cc(N6CCCCC6)nc45)cccc3c2c1. The summed E-state index contributed by atoms with van der Waals surface area (Å²) in [5, 5.41) is 5.35. The van der Waals surface area contributed by atoms with E-state index < -0.39 is 0 Å². The molecule has 0 bridgehead atoms. The van der Waals surface area contributed by atoms with Crippen LogP contribution in [0.1, 0.15) is 32.6 Å². The number of hydrogen-bond donors (Lipinski definition) is 1. The predicted octanol–water partition coefficient (Wildman–Crippen LogP) is 5.77. The highest BCUT2D eigenvalue weighted by molar-refractivity contribution is 7.26. The standard InChI is InChI=1S/C33H35N5O3S/c1-2-23-21-41-17-16-37(23)20-30(39)34-22-11-12-28-27(18-22)25-9-6-8-24(32(25)42-28)26-10-7-15-38-31(40)19-29(35-33(26)38)36-13-4-3-5-14-36/h6-12,15,18-19,23H,2-5,13-14,16-17,20-21H2,1H3,(H,34,39)/t23-/m0/s1. The van der Waals surface area contributed by atoms with Crippen molar-refractivity contribution in [3.05, 3.63) is 71.1 Å². The van der Waals surface area contributed by atoms with Crippen LogP contribution in [0.3, 0.4) is 0 Å². The van der Waals surface area contributed by atoms with Crippen molar-refractivity contribution in [3.8, 4) is 11.1 Å². The number of morpholine rings is 1. The van der Waals surface area contributed by atoms with Crippen LogP contribution in [-0.4, -0.2) is 65.6 Å².